The Balaban J connectivity index is 1.49. The largest absolute Gasteiger partial charge is 0.263 e. The Hall–Kier alpha value is -0.860. The highest BCUT2D eigenvalue weighted by Gasteiger charge is 2.57. The minimum Gasteiger partial charge on any atom is -0.263 e. The fourth-order valence-electron chi connectivity index (χ4n) is 6.88. The third-order valence-electron chi connectivity index (χ3n) is 7.07. The zero-order valence-electron chi connectivity index (χ0n) is 13.2. The van der Waals surface area contributed by atoms with Gasteiger partial charge in [-0.15, -0.1) is 0 Å². The maximum absolute atomic E-state index is 5.05. The molecule has 5 aliphatic rings. The topological polar surface area (TPSA) is 41.6 Å². The van der Waals surface area contributed by atoms with E-state index >= 15 is 0 Å². The van der Waals surface area contributed by atoms with Gasteiger partial charge in [-0.25, -0.2) is 4.98 Å². The Labute approximate surface area is 127 Å². The predicted molar refractivity (Wildman–Crippen MR) is 82.1 cm³/mol. The third-order valence-corrected chi connectivity index (χ3v) is 7.07. The Bertz CT molecular complexity index is 541. The molecule has 0 saturated heterocycles. The Morgan fingerprint density at radius 3 is 2.43 bits per heavy atom. The molecule has 3 heteroatoms. The van der Waals surface area contributed by atoms with Crippen LogP contribution in [-0.2, 0) is 5.41 Å². The highest BCUT2D eigenvalue weighted by Crippen LogP contribution is 2.65. The van der Waals surface area contributed by atoms with Gasteiger partial charge >= 0.3 is 0 Å². The van der Waals surface area contributed by atoms with Crippen LogP contribution in [0.1, 0.15) is 88.7 Å². The molecular weight excluding hydrogens is 258 g/mol. The lowest BCUT2D eigenvalue weighted by Crippen LogP contribution is -2.53. The molecule has 0 spiro atoms. The molecule has 0 aromatic carbocycles. The lowest BCUT2D eigenvalue weighted by Gasteiger charge is -2.60. The number of hydrogen-bond donors (Lipinski definition) is 1. The maximum atomic E-state index is 5.05. The van der Waals surface area contributed by atoms with Crippen molar-refractivity contribution in [3.05, 3.63) is 11.6 Å². The molecule has 5 saturated carbocycles. The summed E-state index contributed by atoms with van der Waals surface area (Å²) < 4.78 is 0. The van der Waals surface area contributed by atoms with Gasteiger partial charge in [0.05, 0.1) is 0 Å². The molecular formula is C18H27N3. The highest BCUT2D eigenvalue weighted by atomic mass is 15.2. The van der Waals surface area contributed by atoms with Gasteiger partial charge in [-0.2, -0.15) is 5.10 Å². The summed E-state index contributed by atoms with van der Waals surface area (Å²) >= 11 is 0. The number of nitrogens with one attached hydrogen (secondary N) is 1. The minimum atomic E-state index is 0.326. The molecule has 0 aliphatic heterocycles. The van der Waals surface area contributed by atoms with Gasteiger partial charge in [0.1, 0.15) is 5.82 Å². The molecule has 0 radical (unpaired) electrons. The molecule has 5 fully saturated rings. The van der Waals surface area contributed by atoms with Crippen LogP contribution in [0.25, 0.3) is 0 Å². The number of rotatable bonds is 2. The van der Waals surface area contributed by atoms with Gasteiger partial charge in [-0.3, -0.25) is 5.10 Å². The summed E-state index contributed by atoms with van der Waals surface area (Å²) in [6.45, 7) is 2.53. The molecule has 2 atom stereocenters. The van der Waals surface area contributed by atoms with Crippen LogP contribution in [-0.4, -0.2) is 15.2 Å². The van der Waals surface area contributed by atoms with Crippen molar-refractivity contribution in [1.29, 1.82) is 0 Å². The van der Waals surface area contributed by atoms with Crippen molar-refractivity contribution in [3.8, 4) is 0 Å². The highest BCUT2D eigenvalue weighted by molar-refractivity contribution is 5.20. The SMILES string of the molecule is CC12CC3CC(C1)CC(c1n[nH]c(C4CCCC4)n1)(C3)C2. The van der Waals surface area contributed by atoms with E-state index in [-0.39, 0.29) is 0 Å². The summed E-state index contributed by atoms with van der Waals surface area (Å²) in [6.07, 6.45) is 13.8. The Kier molecular flexibility index (Phi) is 2.48. The van der Waals surface area contributed by atoms with E-state index in [2.05, 4.69) is 12.0 Å². The summed E-state index contributed by atoms with van der Waals surface area (Å²) in [5.74, 6) is 4.94. The van der Waals surface area contributed by atoms with E-state index in [0.717, 1.165) is 11.8 Å². The summed E-state index contributed by atoms with van der Waals surface area (Å²) in [6, 6.07) is 0. The second kappa shape index (κ2) is 4.11. The molecule has 1 heterocycles. The Morgan fingerprint density at radius 2 is 1.76 bits per heavy atom. The number of nitrogens with zero attached hydrogens (tertiary/aromatic N) is 2. The van der Waals surface area contributed by atoms with Gasteiger partial charge in [0.25, 0.3) is 0 Å². The fourth-order valence-corrected chi connectivity index (χ4v) is 6.88. The molecule has 114 valence electrons. The van der Waals surface area contributed by atoms with Crippen LogP contribution in [0.3, 0.4) is 0 Å². The molecule has 0 amide bonds. The second-order valence-electron chi connectivity index (χ2n) is 9.08. The van der Waals surface area contributed by atoms with Crippen LogP contribution in [0.2, 0.25) is 0 Å². The molecule has 3 nitrogen and oxygen atoms in total. The van der Waals surface area contributed by atoms with Gasteiger partial charge < -0.3 is 0 Å². The summed E-state index contributed by atoms with van der Waals surface area (Å²) in [5.41, 5.74) is 0.907. The van der Waals surface area contributed by atoms with Crippen LogP contribution < -0.4 is 0 Å². The molecule has 1 aromatic rings. The van der Waals surface area contributed by atoms with Crippen molar-refractivity contribution >= 4 is 0 Å². The van der Waals surface area contributed by atoms with Gasteiger partial charge in [-0.1, -0.05) is 19.8 Å². The normalized spacial score (nSPS) is 45.6. The molecule has 6 rings (SSSR count). The van der Waals surface area contributed by atoms with Gasteiger partial charge in [0.2, 0.25) is 0 Å². The van der Waals surface area contributed by atoms with Gasteiger partial charge in [0.15, 0.2) is 5.82 Å². The van der Waals surface area contributed by atoms with Crippen molar-refractivity contribution in [3.63, 3.8) is 0 Å². The summed E-state index contributed by atoms with van der Waals surface area (Å²) in [7, 11) is 0. The summed E-state index contributed by atoms with van der Waals surface area (Å²) in [5, 5.41) is 8.07. The van der Waals surface area contributed by atoms with E-state index in [4.69, 9.17) is 10.1 Å². The molecule has 1 N–H and O–H groups in total. The third kappa shape index (κ3) is 1.85. The van der Waals surface area contributed by atoms with Crippen LogP contribution in [0, 0.1) is 17.3 Å². The predicted octanol–water partition coefficient (Wildman–Crippen LogP) is 4.32. The maximum Gasteiger partial charge on any atom is 0.156 e. The van der Waals surface area contributed by atoms with Crippen LogP contribution in [0.4, 0.5) is 0 Å². The van der Waals surface area contributed by atoms with E-state index < -0.39 is 0 Å². The molecule has 21 heavy (non-hydrogen) atoms. The first-order valence-electron chi connectivity index (χ1n) is 9.07. The van der Waals surface area contributed by atoms with Crippen LogP contribution in [0.15, 0.2) is 0 Å². The number of aromatic nitrogens is 3. The molecule has 4 bridgehead atoms. The Morgan fingerprint density at radius 1 is 1.05 bits per heavy atom. The first-order valence-corrected chi connectivity index (χ1v) is 9.07. The average molecular weight is 285 g/mol. The van der Waals surface area contributed by atoms with Crippen molar-refractivity contribution in [2.45, 2.75) is 82.5 Å². The van der Waals surface area contributed by atoms with Crippen LogP contribution in [0.5, 0.6) is 0 Å². The molecule has 2 unspecified atom stereocenters. The van der Waals surface area contributed by atoms with E-state index in [0.29, 0.717) is 16.7 Å². The lowest BCUT2D eigenvalue weighted by atomic mass is 9.44. The van der Waals surface area contributed by atoms with Crippen molar-refractivity contribution in [2.75, 3.05) is 0 Å². The zero-order chi connectivity index (χ0) is 14.1. The zero-order valence-corrected chi connectivity index (χ0v) is 13.2. The minimum absolute atomic E-state index is 0.326. The van der Waals surface area contributed by atoms with Gasteiger partial charge in [-0.05, 0) is 68.6 Å². The lowest BCUT2D eigenvalue weighted by molar-refractivity contribution is -0.0647. The number of H-pyrrole nitrogens is 1. The van der Waals surface area contributed by atoms with E-state index in [1.54, 1.807) is 0 Å². The average Bonchev–Trinajstić information content (AvgIpc) is 3.07. The fraction of sp³-hybridized carbons (Fsp3) is 0.889. The van der Waals surface area contributed by atoms with E-state index in [1.807, 2.05) is 0 Å². The first-order chi connectivity index (χ1) is 10.1. The standard InChI is InChI=1S/C18H27N3/c1-17-7-12-6-13(8-17)10-18(9-12,11-17)16-19-15(20-21-16)14-4-2-3-5-14/h12-14H,2-11H2,1H3,(H,19,20,21). The van der Waals surface area contributed by atoms with Crippen molar-refractivity contribution in [2.24, 2.45) is 17.3 Å². The number of aromatic amines is 1. The van der Waals surface area contributed by atoms with Crippen molar-refractivity contribution in [1.82, 2.24) is 15.2 Å². The van der Waals surface area contributed by atoms with Gasteiger partial charge in [0, 0.05) is 11.3 Å². The van der Waals surface area contributed by atoms with Crippen molar-refractivity contribution < 1.29 is 0 Å². The molecule has 1 aromatic heterocycles. The monoisotopic (exact) mass is 285 g/mol. The quantitative estimate of drug-likeness (QED) is 0.879. The van der Waals surface area contributed by atoms with E-state index in [9.17, 15) is 0 Å². The van der Waals surface area contributed by atoms with E-state index in [1.165, 1.54) is 75.9 Å². The smallest absolute Gasteiger partial charge is 0.156 e. The molecule has 5 aliphatic carbocycles. The summed E-state index contributed by atoms with van der Waals surface area (Å²) in [4.78, 5) is 5.05. The number of hydrogen-bond acceptors (Lipinski definition) is 2. The second-order valence-corrected chi connectivity index (χ2v) is 9.08. The van der Waals surface area contributed by atoms with Crippen LogP contribution >= 0.6 is 0 Å². The first kappa shape index (κ1) is 12.7.